The molecule has 0 aromatic heterocycles. The van der Waals surface area contributed by atoms with E-state index in [-0.39, 0.29) is 0 Å². The Labute approximate surface area is 113 Å². The molecule has 1 aliphatic rings. The van der Waals surface area contributed by atoms with Crippen LogP contribution in [0.3, 0.4) is 0 Å². The molecule has 110 valence electrons. The highest BCUT2D eigenvalue weighted by Crippen LogP contribution is 2.34. The van der Waals surface area contributed by atoms with Gasteiger partial charge in [0.25, 0.3) is 0 Å². The number of aliphatic hydroxyl groups is 1. The fraction of sp³-hybridized carbons (Fsp3) is 0.846. The maximum atomic E-state index is 11.5. The number of nitrogens with two attached hydrogens (primary N) is 1. The van der Waals surface area contributed by atoms with Crippen LogP contribution in [0.1, 0.15) is 46.5 Å². The number of primary amides is 1. The maximum Gasteiger partial charge on any atom is 0.408 e. The van der Waals surface area contributed by atoms with Crippen molar-refractivity contribution in [1.29, 1.82) is 0 Å². The highest BCUT2D eigenvalue weighted by atomic mass is 16.4. The molecule has 6 nitrogen and oxygen atoms in total. The zero-order valence-electron chi connectivity index (χ0n) is 11.8. The van der Waals surface area contributed by atoms with Crippen LogP contribution in [-0.4, -0.2) is 44.8 Å². The quantitative estimate of drug-likeness (QED) is 0.698. The molecule has 0 saturated heterocycles. The number of hydrogen-bond acceptors (Lipinski definition) is 3. The van der Waals surface area contributed by atoms with E-state index in [9.17, 15) is 19.8 Å². The van der Waals surface area contributed by atoms with Crippen LogP contribution in [0.15, 0.2) is 0 Å². The summed E-state index contributed by atoms with van der Waals surface area (Å²) in [5, 5.41) is 19.3. The molecule has 19 heavy (non-hydrogen) atoms. The summed E-state index contributed by atoms with van der Waals surface area (Å²) >= 11 is 0. The minimum Gasteiger partial charge on any atom is -0.465 e. The summed E-state index contributed by atoms with van der Waals surface area (Å²) in [5.41, 5.74) is 4.45. The van der Waals surface area contributed by atoms with Crippen molar-refractivity contribution in [2.24, 2.45) is 11.7 Å². The Morgan fingerprint density at radius 2 is 1.89 bits per heavy atom. The zero-order valence-corrected chi connectivity index (χ0v) is 11.8. The molecule has 0 unspecified atom stereocenters. The first-order valence-corrected chi connectivity index (χ1v) is 6.64. The summed E-state index contributed by atoms with van der Waals surface area (Å²) in [4.78, 5) is 23.9. The monoisotopic (exact) mass is 272 g/mol. The first-order chi connectivity index (χ1) is 8.64. The van der Waals surface area contributed by atoms with Crippen LogP contribution in [0.4, 0.5) is 4.79 Å². The number of nitrogens with zero attached hydrogens (tertiary/aromatic N) is 1. The number of aliphatic hydroxyl groups excluding tert-OH is 1. The molecule has 2 amide bonds. The van der Waals surface area contributed by atoms with Gasteiger partial charge in [-0.05, 0) is 33.1 Å². The van der Waals surface area contributed by atoms with Crippen LogP contribution < -0.4 is 5.73 Å². The second-order valence-corrected chi connectivity index (χ2v) is 6.27. The summed E-state index contributed by atoms with van der Waals surface area (Å²) in [6, 6.07) is -0.778. The smallest absolute Gasteiger partial charge is 0.408 e. The zero-order chi connectivity index (χ0) is 14.8. The van der Waals surface area contributed by atoms with Gasteiger partial charge in [-0.25, -0.2) is 4.79 Å². The number of hydrogen-bond donors (Lipinski definition) is 3. The van der Waals surface area contributed by atoms with E-state index in [0.29, 0.717) is 12.3 Å². The molecule has 0 bridgehead atoms. The van der Waals surface area contributed by atoms with Gasteiger partial charge in [-0.2, -0.15) is 0 Å². The fourth-order valence-corrected chi connectivity index (χ4v) is 2.56. The van der Waals surface area contributed by atoms with Crippen molar-refractivity contribution < 1.29 is 19.8 Å². The first-order valence-electron chi connectivity index (χ1n) is 6.64. The Bertz CT molecular complexity index is 347. The van der Waals surface area contributed by atoms with Gasteiger partial charge >= 0.3 is 6.09 Å². The third-order valence-electron chi connectivity index (χ3n) is 3.72. The molecule has 6 heteroatoms. The van der Waals surface area contributed by atoms with Gasteiger partial charge in [0.15, 0.2) is 6.10 Å². The molecule has 1 saturated carbocycles. The second kappa shape index (κ2) is 5.77. The third-order valence-corrected chi connectivity index (χ3v) is 3.72. The topological polar surface area (TPSA) is 104 Å². The molecule has 0 heterocycles. The summed E-state index contributed by atoms with van der Waals surface area (Å²) in [6.07, 6.45) is 1.02. The normalized spacial score (nSPS) is 19.4. The molecule has 2 atom stereocenters. The summed E-state index contributed by atoms with van der Waals surface area (Å²) in [5.74, 6) is -0.511. The van der Waals surface area contributed by atoms with Crippen molar-refractivity contribution in [2.45, 2.75) is 64.1 Å². The molecule has 1 fully saturated rings. The molecule has 0 aliphatic heterocycles. The van der Waals surface area contributed by atoms with Crippen molar-refractivity contribution in [3.8, 4) is 0 Å². The van der Waals surface area contributed by atoms with Gasteiger partial charge in [-0.3, -0.25) is 9.69 Å². The van der Waals surface area contributed by atoms with Gasteiger partial charge in [0.05, 0.1) is 6.04 Å². The highest BCUT2D eigenvalue weighted by molar-refractivity contribution is 5.80. The van der Waals surface area contributed by atoms with E-state index in [1.54, 1.807) is 20.8 Å². The lowest BCUT2D eigenvalue weighted by atomic mass is 9.79. The van der Waals surface area contributed by atoms with Gasteiger partial charge in [0, 0.05) is 5.54 Å². The second-order valence-electron chi connectivity index (χ2n) is 6.27. The molecule has 0 radical (unpaired) electrons. The van der Waals surface area contributed by atoms with Crippen molar-refractivity contribution in [1.82, 2.24) is 4.90 Å². The average Bonchev–Trinajstić information content (AvgIpc) is 2.17. The minimum absolute atomic E-state index is 0.364. The van der Waals surface area contributed by atoms with E-state index >= 15 is 0 Å². The standard InChI is InChI=1S/C13H24N2O4/c1-13(2,3)15(12(18)19)9(10(16)11(14)17)7-8-5-4-6-8/h8-10,16H,4-7H2,1-3H3,(H2,14,17)(H,18,19)/t9-,10-/m0/s1. The van der Waals surface area contributed by atoms with Crippen molar-refractivity contribution >= 4 is 12.0 Å². The first kappa shape index (κ1) is 15.8. The van der Waals surface area contributed by atoms with Crippen LogP contribution >= 0.6 is 0 Å². The van der Waals surface area contributed by atoms with Crippen LogP contribution in [-0.2, 0) is 4.79 Å². The van der Waals surface area contributed by atoms with Gasteiger partial charge in [0.2, 0.25) is 5.91 Å². The van der Waals surface area contributed by atoms with Crippen molar-refractivity contribution in [2.75, 3.05) is 0 Å². The molecule has 1 aliphatic carbocycles. The molecule has 0 spiro atoms. The molecular formula is C13H24N2O4. The Balaban J connectivity index is 2.96. The lowest BCUT2D eigenvalue weighted by Crippen LogP contribution is -2.58. The van der Waals surface area contributed by atoms with E-state index in [0.717, 1.165) is 24.2 Å². The lowest BCUT2D eigenvalue weighted by molar-refractivity contribution is -0.131. The molecule has 0 aromatic carbocycles. The highest BCUT2D eigenvalue weighted by Gasteiger charge is 2.41. The van der Waals surface area contributed by atoms with Gasteiger partial charge in [-0.1, -0.05) is 19.3 Å². The van der Waals surface area contributed by atoms with E-state index < -0.39 is 29.7 Å². The van der Waals surface area contributed by atoms with Gasteiger partial charge in [0.1, 0.15) is 0 Å². The summed E-state index contributed by atoms with van der Waals surface area (Å²) in [6.45, 7) is 5.22. The van der Waals surface area contributed by atoms with Crippen LogP contribution in [0.2, 0.25) is 0 Å². The molecule has 4 N–H and O–H groups in total. The summed E-state index contributed by atoms with van der Waals surface area (Å²) in [7, 11) is 0. The van der Waals surface area contributed by atoms with Crippen LogP contribution in [0, 0.1) is 5.92 Å². The Morgan fingerprint density at radius 1 is 1.37 bits per heavy atom. The molecule has 0 aromatic rings. The van der Waals surface area contributed by atoms with Gasteiger partial charge < -0.3 is 15.9 Å². The molecular weight excluding hydrogens is 248 g/mol. The largest absolute Gasteiger partial charge is 0.465 e. The predicted octanol–water partition coefficient (Wildman–Crippen LogP) is 1.17. The lowest BCUT2D eigenvalue weighted by Gasteiger charge is -2.43. The maximum absolute atomic E-state index is 11.5. The number of amides is 2. The van der Waals surface area contributed by atoms with E-state index in [4.69, 9.17) is 5.73 Å². The SMILES string of the molecule is CC(C)(C)N(C(=O)O)[C@@H](CC1CCC1)[C@H](O)C(N)=O. The van der Waals surface area contributed by atoms with Crippen LogP contribution in [0.25, 0.3) is 0 Å². The Morgan fingerprint density at radius 3 is 2.16 bits per heavy atom. The van der Waals surface area contributed by atoms with E-state index in [1.807, 2.05) is 0 Å². The van der Waals surface area contributed by atoms with E-state index in [2.05, 4.69) is 0 Å². The molecule has 1 rings (SSSR count). The predicted molar refractivity (Wildman–Crippen MR) is 70.6 cm³/mol. The minimum atomic E-state index is -1.46. The number of carbonyl (C=O) groups is 2. The Kier molecular flexibility index (Phi) is 4.79. The van der Waals surface area contributed by atoms with E-state index in [1.165, 1.54) is 0 Å². The fourth-order valence-electron chi connectivity index (χ4n) is 2.56. The average molecular weight is 272 g/mol. The number of rotatable bonds is 5. The number of carbonyl (C=O) groups excluding carboxylic acids is 1. The number of carboxylic acid groups (broad SMARTS) is 1. The van der Waals surface area contributed by atoms with Crippen LogP contribution in [0.5, 0.6) is 0 Å². The van der Waals surface area contributed by atoms with Crippen molar-refractivity contribution in [3.05, 3.63) is 0 Å². The van der Waals surface area contributed by atoms with Crippen molar-refractivity contribution in [3.63, 3.8) is 0 Å². The summed E-state index contributed by atoms with van der Waals surface area (Å²) < 4.78 is 0. The third kappa shape index (κ3) is 3.83. The Hall–Kier alpha value is -1.30. The van der Waals surface area contributed by atoms with Gasteiger partial charge in [-0.15, -0.1) is 0 Å².